The zero-order valence-corrected chi connectivity index (χ0v) is 8.84. The summed E-state index contributed by atoms with van der Waals surface area (Å²) in [6.07, 6.45) is 2.38. The first-order valence-electron chi connectivity index (χ1n) is 2.19. The van der Waals surface area contributed by atoms with Gasteiger partial charge in [0.05, 0.1) is 0 Å². The molecule has 0 aliphatic rings. The summed E-state index contributed by atoms with van der Waals surface area (Å²) >= 11 is 0. The maximum atomic E-state index is 9.63. The quantitative estimate of drug-likeness (QED) is 0.292. The Bertz CT molecular complexity index is 63.4. The van der Waals surface area contributed by atoms with Crippen LogP contribution < -0.4 is 56.5 Å². The van der Waals surface area contributed by atoms with Crippen molar-refractivity contribution in [1.29, 1.82) is 0 Å². The van der Waals surface area contributed by atoms with E-state index < -0.39 is 0 Å². The second kappa shape index (κ2) is 8.14. The fraction of sp³-hybridized carbons (Fsp3) is 0.600. The van der Waals surface area contributed by atoms with Crippen molar-refractivity contribution in [2.45, 2.75) is 0 Å². The summed E-state index contributed by atoms with van der Waals surface area (Å²) in [5, 5.41) is 9.63. The standard InChI is InChI=1S/C5H11NO.K/c1-6(2)4-3-5-7;/h3,5,7H,4H2,1-2H3;/q;+1/p-1/b5-3+;. The Hall–Kier alpha value is 1.14. The van der Waals surface area contributed by atoms with Crippen LogP contribution in [0.15, 0.2) is 12.3 Å². The van der Waals surface area contributed by atoms with E-state index in [1.54, 1.807) is 6.08 Å². The van der Waals surface area contributed by atoms with Crippen molar-refractivity contribution in [3.8, 4) is 0 Å². The minimum Gasteiger partial charge on any atom is -0.878 e. The van der Waals surface area contributed by atoms with Gasteiger partial charge in [-0.2, -0.15) is 6.26 Å². The Morgan fingerprint density at radius 2 is 2.00 bits per heavy atom. The third kappa shape index (κ3) is 10.2. The molecule has 0 atom stereocenters. The molecule has 2 nitrogen and oxygen atoms in total. The molecule has 0 amide bonds. The van der Waals surface area contributed by atoms with Gasteiger partial charge in [-0.15, -0.1) is 0 Å². The molecule has 42 valence electrons. The summed E-state index contributed by atoms with van der Waals surface area (Å²) in [7, 11) is 3.83. The van der Waals surface area contributed by atoms with E-state index >= 15 is 0 Å². The monoisotopic (exact) mass is 139 g/mol. The Labute approximate surface area is 93.0 Å². The molecule has 0 N–H and O–H groups in total. The molecule has 0 aromatic rings. The third-order valence-electron chi connectivity index (χ3n) is 0.567. The summed E-state index contributed by atoms with van der Waals surface area (Å²) in [6.45, 7) is 0.740. The van der Waals surface area contributed by atoms with Crippen LogP contribution in [0.4, 0.5) is 0 Å². The largest absolute Gasteiger partial charge is 1.00 e. The Morgan fingerprint density at radius 3 is 2.12 bits per heavy atom. The van der Waals surface area contributed by atoms with Gasteiger partial charge in [0.25, 0.3) is 0 Å². The van der Waals surface area contributed by atoms with Gasteiger partial charge >= 0.3 is 51.4 Å². The van der Waals surface area contributed by atoms with Gasteiger partial charge in [0, 0.05) is 6.54 Å². The van der Waals surface area contributed by atoms with Gasteiger partial charge in [0.2, 0.25) is 0 Å². The molecule has 0 saturated heterocycles. The van der Waals surface area contributed by atoms with E-state index in [1.165, 1.54) is 0 Å². The van der Waals surface area contributed by atoms with Gasteiger partial charge < -0.3 is 10.0 Å². The predicted molar refractivity (Wildman–Crippen MR) is 27.7 cm³/mol. The van der Waals surface area contributed by atoms with Crippen molar-refractivity contribution in [2.75, 3.05) is 20.6 Å². The van der Waals surface area contributed by atoms with E-state index in [-0.39, 0.29) is 51.4 Å². The molecule has 0 unspecified atom stereocenters. The van der Waals surface area contributed by atoms with Crippen molar-refractivity contribution in [1.82, 2.24) is 4.90 Å². The minimum atomic E-state index is 0. The molecule has 0 rings (SSSR count). The van der Waals surface area contributed by atoms with E-state index in [0.717, 1.165) is 12.8 Å². The molecular formula is C5H10KNO. The van der Waals surface area contributed by atoms with Crippen LogP contribution in [0.25, 0.3) is 0 Å². The SMILES string of the molecule is CN(C)C/C=C/[O-].[K+]. The van der Waals surface area contributed by atoms with E-state index in [1.807, 2.05) is 19.0 Å². The smallest absolute Gasteiger partial charge is 0.878 e. The number of hydrogen-bond acceptors (Lipinski definition) is 2. The molecule has 0 heterocycles. The molecule has 0 bridgehead atoms. The molecule has 8 heavy (non-hydrogen) atoms. The van der Waals surface area contributed by atoms with Crippen molar-refractivity contribution in [2.24, 2.45) is 0 Å². The van der Waals surface area contributed by atoms with Crippen LogP contribution in [0.2, 0.25) is 0 Å². The van der Waals surface area contributed by atoms with Gasteiger partial charge in [0.1, 0.15) is 0 Å². The molecule has 0 aliphatic heterocycles. The van der Waals surface area contributed by atoms with Crippen LogP contribution in [-0.4, -0.2) is 25.5 Å². The second-order valence-electron chi connectivity index (χ2n) is 1.63. The van der Waals surface area contributed by atoms with Gasteiger partial charge in [-0.25, -0.2) is 0 Å². The minimum absolute atomic E-state index is 0. The van der Waals surface area contributed by atoms with Crippen LogP contribution in [0.1, 0.15) is 0 Å². The Kier molecular flexibility index (Phi) is 12.1. The van der Waals surface area contributed by atoms with Crippen molar-refractivity contribution >= 4 is 0 Å². The molecule has 0 spiro atoms. The molecule has 0 aromatic carbocycles. The maximum Gasteiger partial charge on any atom is 1.00 e. The molecule has 0 aliphatic carbocycles. The van der Waals surface area contributed by atoms with E-state index in [0.29, 0.717) is 0 Å². The molecule has 0 radical (unpaired) electrons. The first-order valence-corrected chi connectivity index (χ1v) is 2.19. The van der Waals surface area contributed by atoms with Gasteiger partial charge in [-0.1, -0.05) is 6.08 Å². The number of rotatable bonds is 2. The third-order valence-corrected chi connectivity index (χ3v) is 0.567. The van der Waals surface area contributed by atoms with Gasteiger partial charge in [-0.05, 0) is 14.1 Å². The van der Waals surface area contributed by atoms with Crippen LogP contribution in [-0.2, 0) is 0 Å². The fourth-order valence-corrected chi connectivity index (χ4v) is 0.254. The molecular weight excluding hydrogens is 129 g/mol. The second-order valence-corrected chi connectivity index (χ2v) is 1.63. The van der Waals surface area contributed by atoms with E-state index in [4.69, 9.17) is 0 Å². The molecule has 0 fully saturated rings. The zero-order valence-electron chi connectivity index (χ0n) is 5.72. The van der Waals surface area contributed by atoms with Crippen molar-refractivity contribution in [3.63, 3.8) is 0 Å². The van der Waals surface area contributed by atoms with Crippen LogP contribution in [0, 0.1) is 0 Å². The molecule has 0 aromatic heterocycles. The van der Waals surface area contributed by atoms with Gasteiger partial charge in [-0.3, -0.25) is 0 Å². The number of hydrogen-bond donors (Lipinski definition) is 0. The fourth-order valence-electron chi connectivity index (χ4n) is 0.254. The van der Waals surface area contributed by atoms with Crippen molar-refractivity contribution in [3.05, 3.63) is 12.3 Å². The summed E-state index contributed by atoms with van der Waals surface area (Å²) in [6, 6.07) is 0. The first kappa shape index (κ1) is 11.9. The van der Waals surface area contributed by atoms with Gasteiger partial charge in [0.15, 0.2) is 0 Å². The Morgan fingerprint density at radius 1 is 1.50 bits per heavy atom. The summed E-state index contributed by atoms with van der Waals surface area (Å²) in [5.41, 5.74) is 0. The van der Waals surface area contributed by atoms with Crippen LogP contribution in [0.5, 0.6) is 0 Å². The van der Waals surface area contributed by atoms with E-state index in [2.05, 4.69) is 0 Å². The average Bonchev–Trinajstić information content (AvgIpc) is 1.61. The maximum absolute atomic E-state index is 9.63. The number of likely N-dealkylation sites (N-methyl/N-ethyl adjacent to an activating group) is 1. The predicted octanol–water partition coefficient (Wildman–Crippen LogP) is -3.57. The molecule has 0 saturated carbocycles. The van der Waals surface area contributed by atoms with Crippen molar-refractivity contribution < 1.29 is 56.5 Å². The summed E-state index contributed by atoms with van der Waals surface area (Å²) < 4.78 is 0. The average molecular weight is 139 g/mol. The first-order chi connectivity index (χ1) is 3.27. The van der Waals surface area contributed by atoms with E-state index in [9.17, 15) is 5.11 Å². The normalized spacial score (nSPS) is 9.88. The topological polar surface area (TPSA) is 26.3 Å². The summed E-state index contributed by atoms with van der Waals surface area (Å²) in [4.78, 5) is 1.92. The summed E-state index contributed by atoms with van der Waals surface area (Å²) in [5.74, 6) is 0. The number of nitrogens with zero attached hydrogens (tertiary/aromatic N) is 1. The Balaban J connectivity index is 0. The van der Waals surface area contributed by atoms with Crippen LogP contribution >= 0.6 is 0 Å². The molecule has 3 heteroatoms. The van der Waals surface area contributed by atoms with Crippen LogP contribution in [0.3, 0.4) is 0 Å². The zero-order chi connectivity index (χ0) is 5.70.